The molecule has 1 N–H and O–H groups in total. The zero-order valence-corrected chi connectivity index (χ0v) is 14.0. The van der Waals surface area contributed by atoms with E-state index in [1.165, 1.54) is 5.56 Å². The van der Waals surface area contributed by atoms with Gasteiger partial charge >= 0.3 is 0 Å². The van der Waals surface area contributed by atoms with E-state index in [0.29, 0.717) is 11.6 Å². The van der Waals surface area contributed by atoms with Crippen molar-refractivity contribution in [2.75, 3.05) is 19.7 Å². The van der Waals surface area contributed by atoms with Gasteiger partial charge in [0.1, 0.15) is 0 Å². The fraction of sp³-hybridized carbons (Fsp3) is 0.632. The van der Waals surface area contributed by atoms with Gasteiger partial charge in [-0.3, -0.25) is 4.90 Å². The second-order valence-corrected chi connectivity index (χ2v) is 6.88. The molecule has 1 saturated heterocycles. The average molecular weight is 314 g/mol. The highest BCUT2D eigenvalue weighted by Crippen LogP contribution is 2.51. The molecule has 1 heterocycles. The van der Waals surface area contributed by atoms with Gasteiger partial charge in [-0.1, -0.05) is 12.1 Å². The van der Waals surface area contributed by atoms with Crippen LogP contribution >= 0.6 is 0 Å². The quantitative estimate of drug-likeness (QED) is 0.928. The fourth-order valence-electron chi connectivity index (χ4n) is 4.22. The SMILES string of the molecule is CCOC1CC(O)C12CCN(C(C)c1cccc(C#N)c1)CC2. The van der Waals surface area contributed by atoms with E-state index in [4.69, 9.17) is 10.00 Å². The molecule has 1 spiro atoms. The lowest BCUT2D eigenvalue weighted by molar-refractivity contribution is -0.211. The van der Waals surface area contributed by atoms with Gasteiger partial charge in [-0.2, -0.15) is 5.26 Å². The van der Waals surface area contributed by atoms with Gasteiger partial charge in [0.05, 0.1) is 23.8 Å². The summed E-state index contributed by atoms with van der Waals surface area (Å²) in [5.74, 6) is 0. The van der Waals surface area contributed by atoms with Gasteiger partial charge in [-0.15, -0.1) is 0 Å². The Morgan fingerprint density at radius 2 is 2.17 bits per heavy atom. The zero-order chi connectivity index (χ0) is 16.4. The summed E-state index contributed by atoms with van der Waals surface area (Å²) in [5.41, 5.74) is 1.88. The smallest absolute Gasteiger partial charge is 0.0991 e. The summed E-state index contributed by atoms with van der Waals surface area (Å²) in [6.45, 7) is 6.89. The standard InChI is InChI=1S/C19H26N2O2/c1-3-23-18-12-17(22)19(18)7-9-21(10-8-19)14(2)16-6-4-5-15(11-16)13-20/h4-6,11,14,17-18,22H,3,7-10,12H2,1-2H3. The molecule has 1 saturated carbocycles. The van der Waals surface area contributed by atoms with E-state index in [0.717, 1.165) is 39.0 Å². The van der Waals surface area contributed by atoms with Gasteiger partial charge in [0, 0.05) is 24.5 Å². The van der Waals surface area contributed by atoms with Crippen LogP contribution < -0.4 is 0 Å². The number of aliphatic hydroxyl groups is 1. The van der Waals surface area contributed by atoms with E-state index < -0.39 is 0 Å². The largest absolute Gasteiger partial charge is 0.392 e. The normalized spacial score (nSPS) is 28.1. The second kappa shape index (κ2) is 6.60. The van der Waals surface area contributed by atoms with E-state index >= 15 is 0 Å². The average Bonchev–Trinajstić information content (AvgIpc) is 2.61. The maximum Gasteiger partial charge on any atom is 0.0991 e. The second-order valence-electron chi connectivity index (χ2n) is 6.88. The number of piperidine rings is 1. The van der Waals surface area contributed by atoms with Crippen LogP contribution in [0.4, 0.5) is 0 Å². The Hall–Kier alpha value is -1.41. The number of ether oxygens (including phenoxy) is 1. The number of nitriles is 1. The Labute approximate surface area is 138 Å². The molecule has 2 fully saturated rings. The molecule has 0 aromatic heterocycles. The topological polar surface area (TPSA) is 56.5 Å². The molecule has 23 heavy (non-hydrogen) atoms. The molecule has 0 radical (unpaired) electrons. The lowest BCUT2D eigenvalue weighted by Gasteiger charge is -2.57. The number of rotatable bonds is 4. The number of hydrogen-bond donors (Lipinski definition) is 1. The van der Waals surface area contributed by atoms with Crippen molar-refractivity contribution in [3.63, 3.8) is 0 Å². The van der Waals surface area contributed by atoms with E-state index in [-0.39, 0.29) is 17.6 Å². The molecule has 4 nitrogen and oxygen atoms in total. The van der Waals surface area contributed by atoms with Crippen molar-refractivity contribution in [3.8, 4) is 6.07 Å². The van der Waals surface area contributed by atoms with Gasteiger partial charge in [0.2, 0.25) is 0 Å². The minimum Gasteiger partial charge on any atom is -0.392 e. The number of hydrogen-bond acceptors (Lipinski definition) is 4. The summed E-state index contributed by atoms with van der Waals surface area (Å²) in [5, 5.41) is 19.4. The van der Waals surface area contributed by atoms with Crippen LogP contribution in [0.3, 0.4) is 0 Å². The first kappa shape index (κ1) is 16.4. The molecule has 4 heteroatoms. The minimum absolute atomic E-state index is 0.0271. The summed E-state index contributed by atoms with van der Waals surface area (Å²) in [7, 11) is 0. The summed E-state index contributed by atoms with van der Waals surface area (Å²) in [6.07, 6.45) is 2.77. The zero-order valence-electron chi connectivity index (χ0n) is 14.0. The molecule has 1 aromatic rings. The lowest BCUT2D eigenvalue weighted by Crippen LogP contribution is -2.62. The molecule has 3 rings (SSSR count). The van der Waals surface area contributed by atoms with Crippen LogP contribution in [0.1, 0.15) is 50.3 Å². The van der Waals surface area contributed by atoms with Gasteiger partial charge < -0.3 is 9.84 Å². The first-order valence-corrected chi connectivity index (χ1v) is 8.64. The van der Waals surface area contributed by atoms with Crippen LogP contribution in [-0.2, 0) is 4.74 Å². The number of benzene rings is 1. The van der Waals surface area contributed by atoms with Gasteiger partial charge in [0.25, 0.3) is 0 Å². The van der Waals surface area contributed by atoms with Crippen LogP contribution in [0.5, 0.6) is 0 Å². The molecular formula is C19H26N2O2. The summed E-state index contributed by atoms with van der Waals surface area (Å²) in [6, 6.07) is 10.4. The van der Waals surface area contributed by atoms with Crippen molar-refractivity contribution in [1.29, 1.82) is 5.26 Å². The molecule has 0 amide bonds. The molecule has 124 valence electrons. The Bertz CT molecular complexity index is 585. The third-order valence-electron chi connectivity index (χ3n) is 5.88. The van der Waals surface area contributed by atoms with Crippen molar-refractivity contribution in [3.05, 3.63) is 35.4 Å². The number of aliphatic hydroxyl groups excluding tert-OH is 1. The first-order valence-electron chi connectivity index (χ1n) is 8.64. The maximum absolute atomic E-state index is 10.3. The van der Waals surface area contributed by atoms with E-state index in [1.54, 1.807) is 0 Å². The van der Waals surface area contributed by atoms with Gasteiger partial charge in [-0.05, 0) is 57.5 Å². The molecule has 0 bridgehead atoms. The third kappa shape index (κ3) is 2.89. The Morgan fingerprint density at radius 3 is 2.78 bits per heavy atom. The van der Waals surface area contributed by atoms with Crippen LogP contribution in [-0.4, -0.2) is 41.9 Å². The van der Waals surface area contributed by atoms with Crippen LogP contribution in [0.2, 0.25) is 0 Å². The van der Waals surface area contributed by atoms with E-state index in [9.17, 15) is 5.11 Å². The number of likely N-dealkylation sites (tertiary alicyclic amines) is 1. The molecule has 3 atom stereocenters. The van der Waals surface area contributed by atoms with Crippen molar-refractivity contribution in [2.45, 2.75) is 51.4 Å². The van der Waals surface area contributed by atoms with Crippen LogP contribution in [0, 0.1) is 16.7 Å². The Kier molecular flexibility index (Phi) is 4.72. The Balaban J connectivity index is 1.65. The number of nitrogens with zero attached hydrogens (tertiary/aromatic N) is 2. The highest BCUT2D eigenvalue weighted by atomic mass is 16.5. The Morgan fingerprint density at radius 1 is 1.43 bits per heavy atom. The molecule has 1 aliphatic heterocycles. The van der Waals surface area contributed by atoms with Crippen molar-refractivity contribution in [2.24, 2.45) is 5.41 Å². The molecule has 1 aliphatic carbocycles. The molecular weight excluding hydrogens is 288 g/mol. The van der Waals surface area contributed by atoms with Gasteiger partial charge in [0.15, 0.2) is 0 Å². The van der Waals surface area contributed by atoms with E-state index in [2.05, 4.69) is 24.0 Å². The summed E-state index contributed by atoms with van der Waals surface area (Å²) in [4.78, 5) is 2.45. The predicted octanol–water partition coefficient (Wildman–Crippen LogP) is 2.87. The molecule has 1 aromatic carbocycles. The predicted molar refractivity (Wildman–Crippen MR) is 88.8 cm³/mol. The van der Waals surface area contributed by atoms with Crippen molar-refractivity contribution in [1.82, 2.24) is 4.90 Å². The summed E-state index contributed by atoms with van der Waals surface area (Å²) < 4.78 is 5.84. The molecule has 2 aliphatic rings. The molecule has 3 unspecified atom stereocenters. The summed E-state index contributed by atoms with van der Waals surface area (Å²) >= 11 is 0. The van der Waals surface area contributed by atoms with Crippen molar-refractivity contribution < 1.29 is 9.84 Å². The van der Waals surface area contributed by atoms with E-state index in [1.807, 2.05) is 25.1 Å². The highest BCUT2D eigenvalue weighted by molar-refractivity contribution is 5.34. The maximum atomic E-state index is 10.3. The van der Waals surface area contributed by atoms with Gasteiger partial charge in [-0.25, -0.2) is 0 Å². The fourth-order valence-corrected chi connectivity index (χ4v) is 4.22. The minimum atomic E-state index is -0.210. The van der Waals surface area contributed by atoms with Crippen molar-refractivity contribution >= 4 is 0 Å². The lowest BCUT2D eigenvalue weighted by atomic mass is 9.58. The highest BCUT2D eigenvalue weighted by Gasteiger charge is 2.56. The first-order chi connectivity index (χ1) is 11.1. The van der Waals surface area contributed by atoms with Crippen LogP contribution in [0.15, 0.2) is 24.3 Å². The van der Waals surface area contributed by atoms with Crippen LogP contribution in [0.25, 0.3) is 0 Å². The third-order valence-corrected chi connectivity index (χ3v) is 5.88. The monoisotopic (exact) mass is 314 g/mol.